The van der Waals surface area contributed by atoms with Crippen LogP contribution < -0.4 is 16.0 Å². The van der Waals surface area contributed by atoms with Gasteiger partial charge in [-0.2, -0.15) is 0 Å². The van der Waals surface area contributed by atoms with Crippen molar-refractivity contribution in [3.05, 3.63) is 33.8 Å². The Balaban J connectivity index is 2.36. The van der Waals surface area contributed by atoms with Crippen molar-refractivity contribution in [3.8, 4) is 0 Å². The molecular formula is C16H24Cl2N4O2. The first kappa shape index (κ1) is 20.5. The minimum absolute atomic E-state index is 0.197. The summed E-state index contributed by atoms with van der Waals surface area (Å²) < 4.78 is 4.99. The maximum absolute atomic E-state index is 12.0. The number of methoxy groups -OCH3 is 1. The number of carbonyl (C=O) groups excluding carboxylic acids is 1. The van der Waals surface area contributed by atoms with Gasteiger partial charge in [-0.25, -0.2) is 0 Å². The van der Waals surface area contributed by atoms with E-state index >= 15 is 0 Å². The van der Waals surface area contributed by atoms with Gasteiger partial charge in [0, 0.05) is 45.5 Å². The summed E-state index contributed by atoms with van der Waals surface area (Å²) in [5.74, 6) is 0.523. The summed E-state index contributed by atoms with van der Waals surface area (Å²) in [5.41, 5.74) is 0.476. The van der Waals surface area contributed by atoms with Crippen molar-refractivity contribution >= 4 is 35.1 Å². The fourth-order valence-electron chi connectivity index (χ4n) is 1.84. The van der Waals surface area contributed by atoms with Crippen molar-refractivity contribution in [2.75, 3.05) is 39.9 Å². The number of nitrogens with zero attached hydrogens (tertiary/aromatic N) is 1. The van der Waals surface area contributed by atoms with Gasteiger partial charge in [-0.1, -0.05) is 23.2 Å². The Bertz CT molecular complexity index is 553. The molecule has 0 fully saturated rings. The number of amides is 1. The molecule has 0 unspecified atom stereocenters. The zero-order valence-corrected chi connectivity index (χ0v) is 15.5. The minimum Gasteiger partial charge on any atom is -0.385 e. The Kier molecular flexibility index (Phi) is 10.2. The molecule has 3 N–H and O–H groups in total. The Morgan fingerprint density at radius 2 is 1.92 bits per heavy atom. The predicted octanol–water partition coefficient (Wildman–Crippen LogP) is 2.31. The first-order valence-corrected chi connectivity index (χ1v) is 8.58. The molecule has 134 valence electrons. The number of hydrogen-bond acceptors (Lipinski definition) is 3. The lowest BCUT2D eigenvalue weighted by atomic mass is 10.2. The van der Waals surface area contributed by atoms with E-state index in [2.05, 4.69) is 20.9 Å². The molecule has 0 aliphatic heterocycles. The van der Waals surface area contributed by atoms with Gasteiger partial charge in [-0.15, -0.1) is 0 Å². The molecule has 0 radical (unpaired) electrons. The molecule has 24 heavy (non-hydrogen) atoms. The highest BCUT2D eigenvalue weighted by Gasteiger charge is 2.07. The monoisotopic (exact) mass is 374 g/mol. The second-order valence-electron chi connectivity index (χ2n) is 4.92. The summed E-state index contributed by atoms with van der Waals surface area (Å²) in [4.78, 5) is 16.4. The van der Waals surface area contributed by atoms with Gasteiger partial charge in [0.05, 0.1) is 10.0 Å². The number of hydrogen-bond donors (Lipinski definition) is 3. The molecule has 0 atom stereocenters. The van der Waals surface area contributed by atoms with E-state index in [4.69, 9.17) is 27.9 Å². The summed E-state index contributed by atoms with van der Waals surface area (Å²) in [5, 5.41) is 9.91. The second-order valence-corrected chi connectivity index (χ2v) is 5.73. The Morgan fingerprint density at radius 1 is 1.17 bits per heavy atom. The van der Waals surface area contributed by atoms with Crippen LogP contribution in [0.15, 0.2) is 23.2 Å². The average molecular weight is 375 g/mol. The quantitative estimate of drug-likeness (QED) is 0.352. The van der Waals surface area contributed by atoms with Crippen LogP contribution in [0.2, 0.25) is 10.0 Å². The highest BCUT2D eigenvalue weighted by atomic mass is 35.5. The van der Waals surface area contributed by atoms with Gasteiger partial charge in [0.25, 0.3) is 5.91 Å². The van der Waals surface area contributed by atoms with Gasteiger partial charge in [-0.05, 0) is 31.5 Å². The zero-order valence-electron chi connectivity index (χ0n) is 14.0. The topological polar surface area (TPSA) is 74.8 Å². The van der Waals surface area contributed by atoms with Crippen molar-refractivity contribution in [2.45, 2.75) is 13.3 Å². The van der Waals surface area contributed by atoms with E-state index in [1.165, 1.54) is 0 Å². The normalized spacial score (nSPS) is 11.2. The van der Waals surface area contributed by atoms with Crippen LogP contribution in [0.5, 0.6) is 0 Å². The van der Waals surface area contributed by atoms with E-state index in [0.717, 1.165) is 18.9 Å². The van der Waals surface area contributed by atoms with E-state index in [0.29, 0.717) is 41.8 Å². The van der Waals surface area contributed by atoms with Gasteiger partial charge in [-0.3, -0.25) is 9.79 Å². The Morgan fingerprint density at radius 3 is 2.58 bits per heavy atom. The minimum atomic E-state index is -0.197. The van der Waals surface area contributed by atoms with Crippen LogP contribution in [0.25, 0.3) is 0 Å². The maximum Gasteiger partial charge on any atom is 0.251 e. The Labute approximate surface area is 153 Å². The lowest BCUT2D eigenvalue weighted by molar-refractivity contribution is 0.0954. The summed E-state index contributed by atoms with van der Waals surface area (Å²) in [6.45, 7) is 5.15. The summed E-state index contributed by atoms with van der Waals surface area (Å²) >= 11 is 11.7. The van der Waals surface area contributed by atoms with Gasteiger partial charge in [0.2, 0.25) is 0 Å². The molecule has 1 aromatic rings. The number of rotatable bonds is 9. The van der Waals surface area contributed by atoms with Crippen LogP contribution in [0.1, 0.15) is 23.7 Å². The number of benzene rings is 1. The van der Waals surface area contributed by atoms with Crippen molar-refractivity contribution in [3.63, 3.8) is 0 Å². The molecule has 1 amide bonds. The van der Waals surface area contributed by atoms with Gasteiger partial charge < -0.3 is 20.7 Å². The SMILES string of the molecule is CCNC(=NCCCOC)NCCNC(=O)c1ccc(Cl)c(Cl)c1. The Hall–Kier alpha value is -1.50. The lowest BCUT2D eigenvalue weighted by Gasteiger charge is -2.12. The predicted molar refractivity (Wildman–Crippen MR) is 99.3 cm³/mol. The van der Waals surface area contributed by atoms with E-state index in [1.807, 2.05) is 6.92 Å². The van der Waals surface area contributed by atoms with Crippen molar-refractivity contribution in [1.29, 1.82) is 0 Å². The molecule has 0 saturated carbocycles. The molecule has 1 aromatic carbocycles. The molecule has 0 aromatic heterocycles. The second kappa shape index (κ2) is 11.9. The zero-order chi connectivity index (χ0) is 17.8. The standard InChI is InChI=1S/C16H24Cl2N4O2/c1-3-19-16(21-7-4-10-24-2)22-9-8-20-15(23)12-5-6-13(17)14(18)11-12/h5-6,11H,3-4,7-10H2,1-2H3,(H,20,23)(H2,19,21,22). The number of halogens is 2. The molecule has 0 aliphatic carbocycles. The summed E-state index contributed by atoms with van der Waals surface area (Å²) in [6.07, 6.45) is 0.862. The van der Waals surface area contributed by atoms with E-state index in [-0.39, 0.29) is 5.91 Å². The first-order chi connectivity index (χ1) is 11.6. The van der Waals surface area contributed by atoms with Crippen LogP contribution in [0.3, 0.4) is 0 Å². The number of carbonyl (C=O) groups is 1. The molecule has 0 heterocycles. The van der Waals surface area contributed by atoms with Crippen LogP contribution >= 0.6 is 23.2 Å². The number of guanidine groups is 1. The van der Waals surface area contributed by atoms with Gasteiger partial charge >= 0.3 is 0 Å². The molecule has 6 nitrogen and oxygen atoms in total. The third-order valence-corrected chi connectivity index (χ3v) is 3.74. The molecule has 0 bridgehead atoms. The number of ether oxygens (including phenoxy) is 1. The fourth-order valence-corrected chi connectivity index (χ4v) is 2.14. The highest BCUT2D eigenvalue weighted by Crippen LogP contribution is 2.22. The van der Waals surface area contributed by atoms with Crippen LogP contribution in [0.4, 0.5) is 0 Å². The largest absolute Gasteiger partial charge is 0.385 e. The molecule has 0 spiro atoms. The summed E-state index contributed by atoms with van der Waals surface area (Å²) in [6, 6.07) is 4.79. The molecule has 0 aliphatic rings. The van der Waals surface area contributed by atoms with Crippen LogP contribution in [-0.4, -0.2) is 51.8 Å². The summed E-state index contributed by atoms with van der Waals surface area (Å²) in [7, 11) is 1.67. The van der Waals surface area contributed by atoms with Crippen molar-refractivity contribution in [2.24, 2.45) is 4.99 Å². The number of nitrogens with one attached hydrogen (secondary N) is 3. The fraction of sp³-hybridized carbons (Fsp3) is 0.500. The molecule has 8 heteroatoms. The smallest absolute Gasteiger partial charge is 0.251 e. The lowest BCUT2D eigenvalue weighted by Crippen LogP contribution is -2.41. The highest BCUT2D eigenvalue weighted by molar-refractivity contribution is 6.42. The molecule has 0 saturated heterocycles. The average Bonchev–Trinajstić information content (AvgIpc) is 2.57. The third kappa shape index (κ3) is 7.86. The molecule has 1 rings (SSSR count). The van der Waals surface area contributed by atoms with Crippen LogP contribution in [0, 0.1) is 0 Å². The van der Waals surface area contributed by atoms with Gasteiger partial charge in [0.15, 0.2) is 5.96 Å². The third-order valence-electron chi connectivity index (χ3n) is 3.01. The first-order valence-electron chi connectivity index (χ1n) is 7.82. The van der Waals surface area contributed by atoms with E-state index in [9.17, 15) is 4.79 Å². The number of aliphatic imine (C=N–C) groups is 1. The van der Waals surface area contributed by atoms with Crippen molar-refractivity contribution in [1.82, 2.24) is 16.0 Å². The van der Waals surface area contributed by atoms with Gasteiger partial charge in [0.1, 0.15) is 0 Å². The van der Waals surface area contributed by atoms with E-state index in [1.54, 1.807) is 25.3 Å². The van der Waals surface area contributed by atoms with Crippen molar-refractivity contribution < 1.29 is 9.53 Å². The maximum atomic E-state index is 12.0. The van der Waals surface area contributed by atoms with Crippen LogP contribution in [-0.2, 0) is 4.74 Å². The molecular weight excluding hydrogens is 351 g/mol. The van der Waals surface area contributed by atoms with E-state index < -0.39 is 0 Å².